The van der Waals surface area contributed by atoms with Crippen LogP contribution in [-0.2, 0) is 0 Å². The Balaban J connectivity index is 2.10. The molecule has 1 heterocycles. The summed E-state index contributed by atoms with van der Waals surface area (Å²) in [6.07, 6.45) is 3.54. The standard InChI is InChI=1S/C16H26N2O/c1-3-11-19-15-8-6-13(7-9-15)16-14(12-17)5-4-10-18(16)2/h6-9,14,16H,3-5,10-12,17H2,1-2H3. The average Bonchev–Trinajstić information content (AvgIpc) is 2.45. The molecule has 1 aromatic carbocycles. The first kappa shape index (κ1) is 14.4. The van der Waals surface area contributed by atoms with Crippen LogP contribution in [0.15, 0.2) is 24.3 Å². The van der Waals surface area contributed by atoms with Crippen molar-refractivity contribution in [2.75, 3.05) is 26.7 Å². The van der Waals surface area contributed by atoms with Crippen LogP contribution in [0.1, 0.15) is 37.8 Å². The second-order valence-electron chi connectivity index (χ2n) is 5.48. The number of hydrogen-bond donors (Lipinski definition) is 1. The molecule has 2 atom stereocenters. The van der Waals surface area contributed by atoms with Crippen LogP contribution in [0, 0.1) is 5.92 Å². The number of nitrogens with two attached hydrogens (primary N) is 1. The van der Waals surface area contributed by atoms with Gasteiger partial charge >= 0.3 is 0 Å². The maximum absolute atomic E-state index is 5.94. The lowest BCUT2D eigenvalue weighted by Gasteiger charge is -2.39. The maximum Gasteiger partial charge on any atom is 0.119 e. The lowest BCUT2D eigenvalue weighted by atomic mass is 9.85. The van der Waals surface area contributed by atoms with Crippen LogP contribution in [0.4, 0.5) is 0 Å². The van der Waals surface area contributed by atoms with Crippen molar-refractivity contribution < 1.29 is 4.74 Å². The summed E-state index contributed by atoms with van der Waals surface area (Å²) in [5.74, 6) is 1.54. The third-order valence-corrected chi connectivity index (χ3v) is 4.00. The van der Waals surface area contributed by atoms with Crippen molar-refractivity contribution in [1.29, 1.82) is 0 Å². The minimum Gasteiger partial charge on any atom is -0.494 e. The van der Waals surface area contributed by atoms with E-state index in [1.807, 2.05) is 0 Å². The molecular formula is C16H26N2O. The van der Waals surface area contributed by atoms with Crippen LogP contribution >= 0.6 is 0 Å². The summed E-state index contributed by atoms with van der Waals surface area (Å²) >= 11 is 0. The summed E-state index contributed by atoms with van der Waals surface area (Å²) in [5, 5.41) is 0. The molecule has 2 N–H and O–H groups in total. The number of piperidine rings is 1. The summed E-state index contributed by atoms with van der Waals surface area (Å²) in [7, 11) is 2.20. The molecular weight excluding hydrogens is 236 g/mol. The molecule has 2 rings (SSSR count). The van der Waals surface area contributed by atoms with Crippen LogP contribution in [0.2, 0.25) is 0 Å². The molecule has 106 valence electrons. The zero-order valence-electron chi connectivity index (χ0n) is 12.1. The van der Waals surface area contributed by atoms with E-state index in [1.54, 1.807) is 0 Å². The zero-order valence-corrected chi connectivity index (χ0v) is 12.1. The van der Waals surface area contributed by atoms with Crippen molar-refractivity contribution in [2.24, 2.45) is 11.7 Å². The smallest absolute Gasteiger partial charge is 0.119 e. The van der Waals surface area contributed by atoms with Crippen molar-refractivity contribution in [3.63, 3.8) is 0 Å². The summed E-state index contributed by atoms with van der Waals surface area (Å²) in [6, 6.07) is 9.02. The van der Waals surface area contributed by atoms with Gasteiger partial charge in [0.05, 0.1) is 6.61 Å². The van der Waals surface area contributed by atoms with Crippen molar-refractivity contribution in [2.45, 2.75) is 32.2 Å². The SMILES string of the molecule is CCCOc1ccc(C2C(CN)CCCN2C)cc1. The lowest BCUT2D eigenvalue weighted by Crippen LogP contribution is -2.39. The molecule has 19 heavy (non-hydrogen) atoms. The van der Waals surface area contributed by atoms with E-state index in [4.69, 9.17) is 10.5 Å². The van der Waals surface area contributed by atoms with E-state index in [9.17, 15) is 0 Å². The fourth-order valence-electron chi connectivity index (χ4n) is 3.01. The predicted molar refractivity (Wildman–Crippen MR) is 79.4 cm³/mol. The zero-order chi connectivity index (χ0) is 13.7. The Morgan fingerprint density at radius 2 is 2.05 bits per heavy atom. The maximum atomic E-state index is 5.94. The summed E-state index contributed by atoms with van der Waals surface area (Å²) in [5.41, 5.74) is 7.30. The van der Waals surface area contributed by atoms with Crippen LogP contribution in [-0.4, -0.2) is 31.6 Å². The Bertz CT molecular complexity index is 377. The Hall–Kier alpha value is -1.06. The fourth-order valence-corrected chi connectivity index (χ4v) is 3.01. The van der Waals surface area contributed by atoms with E-state index in [0.717, 1.165) is 31.9 Å². The molecule has 1 aromatic rings. The third kappa shape index (κ3) is 3.48. The van der Waals surface area contributed by atoms with Gasteiger partial charge in [0.1, 0.15) is 5.75 Å². The number of rotatable bonds is 5. The first-order valence-electron chi connectivity index (χ1n) is 7.39. The number of likely N-dealkylation sites (tertiary alicyclic amines) is 1. The van der Waals surface area contributed by atoms with Gasteiger partial charge < -0.3 is 10.5 Å². The number of ether oxygens (including phenoxy) is 1. The molecule has 0 aromatic heterocycles. The van der Waals surface area contributed by atoms with Crippen LogP contribution in [0.3, 0.4) is 0 Å². The summed E-state index contributed by atoms with van der Waals surface area (Å²) in [6.45, 7) is 4.84. The van der Waals surface area contributed by atoms with Gasteiger partial charge in [-0.15, -0.1) is 0 Å². The van der Waals surface area contributed by atoms with E-state index in [-0.39, 0.29) is 0 Å². The second-order valence-corrected chi connectivity index (χ2v) is 5.48. The van der Waals surface area contributed by atoms with Gasteiger partial charge in [-0.3, -0.25) is 4.90 Å². The van der Waals surface area contributed by atoms with Crippen LogP contribution in [0.25, 0.3) is 0 Å². The molecule has 0 bridgehead atoms. The van der Waals surface area contributed by atoms with Gasteiger partial charge in [-0.1, -0.05) is 19.1 Å². The fraction of sp³-hybridized carbons (Fsp3) is 0.625. The highest BCUT2D eigenvalue weighted by molar-refractivity contribution is 5.30. The molecule has 3 heteroatoms. The highest BCUT2D eigenvalue weighted by atomic mass is 16.5. The molecule has 0 amide bonds. The quantitative estimate of drug-likeness (QED) is 0.887. The van der Waals surface area contributed by atoms with Gasteiger partial charge in [0.2, 0.25) is 0 Å². The van der Waals surface area contributed by atoms with Crippen molar-refractivity contribution in [3.8, 4) is 5.75 Å². The van der Waals surface area contributed by atoms with Crippen molar-refractivity contribution >= 4 is 0 Å². The highest BCUT2D eigenvalue weighted by Gasteiger charge is 2.29. The highest BCUT2D eigenvalue weighted by Crippen LogP contribution is 2.34. The van der Waals surface area contributed by atoms with E-state index < -0.39 is 0 Å². The average molecular weight is 262 g/mol. The molecule has 3 nitrogen and oxygen atoms in total. The molecule has 1 fully saturated rings. The number of hydrogen-bond acceptors (Lipinski definition) is 3. The Labute approximate surface area is 116 Å². The number of nitrogens with zero attached hydrogens (tertiary/aromatic N) is 1. The summed E-state index contributed by atoms with van der Waals surface area (Å²) in [4.78, 5) is 2.43. The monoisotopic (exact) mass is 262 g/mol. The van der Waals surface area contributed by atoms with E-state index in [2.05, 4.69) is 43.1 Å². The van der Waals surface area contributed by atoms with Crippen molar-refractivity contribution in [1.82, 2.24) is 4.90 Å². The Kier molecular flexibility index (Phi) is 5.23. The van der Waals surface area contributed by atoms with Gasteiger partial charge in [0.15, 0.2) is 0 Å². The normalized spacial score (nSPS) is 24.4. The largest absolute Gasteiger partial charge is 0.494 e. The minimum absolute atomic E-state index is 0.457. The molecule has 1 aliphatic heterocycles. The van der Waals surface area contributed by atoms with Crippen molar-refractivity contribution in [3.05, 3.63) is 29.8 Å². The van der Waals surface area contributed by atoms with Gasteiger partial charge in [-0.25, -0.2) is 0 Å². The molecule has 0 aliphatic carbocycles. The van der Waals surface area contributed by atoms with E-state index >= 15 is 0 Å². The molecule has 2 unspecified atom stereocenters. The van der Waals surface area contributed by atoms with Gasteiger partial charge in [0.25, 0.3) is 0 Å². The first-order valence-corrected chi connectivity index (χ1v) is 7.39. The Morgan fingerprint density at radius 3 is 2.68 bits per heavy atom. The predicted octanol–water partition coefficient (Wildman–Crippen LogP) is 2.82. The molecule has 1 saturated heterocycles. The first-order chi connectivity index (χ1) is 9.26. The van der Waals surface area contributed by atoms with Crippen LogP contribution in [0.5, 0.6) is 5.75 Å². The molecule has 0 saturated carbocycles. The van der Waals surface area contributed by atoms with E-state index in [0.29, 0.717) is 12.0 Å². The number of benzene rings is 1. The molecule has 1 aliphatic rings. The summed E-state index contributed by atoms with van der Waals surface area (Å²) < 4.78 is 5.64. The van der Waals surface area contributed by atoms with Gasteiger partial charge in [-0.2, -0.15) is 0 Å². The minimum atomic E-state index is 0.457. The third-order valence-electron chi connectivity index (χ3n) is 4.00. The van der Waals surface area contributed by atoms with Crippen LogP contribution < -0.4 is 10.5 Å². The van der Waals surface area contributed by atoms with Gasteiger partial charge in [0, 0.05) is 6.04 Å². The molecule has 0 radical (unpaired) electrons. The van der Waals surface area contributed by atoms with Gasteiger partial charge in [-0.05, 0) is 63.0 Å². The lowest BCUT2D eigenvalue weighted by molar-refractivity contribution is 0.125. The second kappa shape index (κ2) is 6.92. The van der Waals surface area contributed by atoms with E-state index in [1.165, 1.54) is 18.4 Å². The Morgan fingerprint density at radius 1 is 1.32 bits per heavy atom. The molecule has 0 spiro atoms. The topological polar surface area (TPSA) is 38.5 Å².